The van der Waals surface area contributed by atoms with Crippen LogP contribution in [0.1, 0.15) is 15.2 Å². The van der Waals surface area contributed by atoms with Crippen molar-refractivity contribution >= 4 is 55.6 Å². The molecule has 1 N–H and O–H groups in total. The number of hydrazone groups is 1. The lowest BCUT2D eigenvalue weighted by Crippen LogP contribution is -2.40. The number of hydrogen-bond acceptors (Lipinski definition) is 9. The Hall–Kier alpha value is -2.68. The van der Waals surface area contributed by atoms with E-state index in [4.69, 9.17) is 14.5 Å². The summed E-state index contributed by atoms with van der Waals surface area (Å²) in [7, 11) is -3.71. The number of amides is 1. The van der Waals surface area contributed by atoms with Crippen molar-refractivity contribution in [1.82, 2.24) is 14.7 Å². The number of rotatable bonds is 7. The number of carbonyl (C=O) groups is 1. The first-order valence-corrected chi connectivity index (χ1v) is 14.2. The van der Waals surface area contributed by atoms with Crippen molar-refractivity contribution in [1.29, 1.82) is 0 Å². The van der Waals surface area contributed by atoms with Crippen molar-refractivity contribution < 1.29 is 22.7 Å². The Labute approximate surface area is 236 Å². The lowest BCUT2D eigenvalue weighted by molar-refractivity contribution is 0.0730. The number of nitrogens with zero attached hydrogens (tertiary/aromatic N) is 4. The number of sulfonamides is 1. The van der Waals surface area contributed by atoms with Gasteiger partial charge in [-0.3, -0.25) is 4.79 Å². The average molecular weight is 623 g/mol. The first-order valence-electron chi connectivity index (χ1n) is 11.9. The fraction of sp³-hybridized carbons (Fsp3) is 0.320. The van der Waals surface area contributed by atoms with Gasteiger partial charge in [0.05, 0.1) is 48.1 Å². The molecule has 2 aromatic carbocycles. The quantitative estimate of drug-likeness (QED) is 0.319. The van der Waals surface area contributed by atoms with Crippen LogP contribution in [0.2, 0.25) is 0 Å². The first kappa shape index (κ1) is 28.3. The van der Waals surface area contributed by atoms with Gasteiger partial charge in [0.1, 0.15) is 0 Å². The number of morpholine rings is 2. The molecule has 0 saturated carbocycles. The molecule has 2 saturated heterocycles. The number of aromatic nitrogens is 1. The van der Waals surface area contributed by atoms with Gasteiger partial charge in [0.25, 0.3) is 5.91 Å². The predicted molar refractivity (Wildman–Crippen MR) is 152 cm³/mol. The molecule has 3 aromatic rings. The van der Waals surface area contributed by atoms with E-state index in [1.54, 1.807) is 18.3 Å². The Morgan fingerprint density at radius 3 is 2.37 bits per heavy atom. The molecule has 0 spiro atoms. The van der Waals surface area contributed by atoms with Crippen LogP contribution >= 0.6 is 28.3 Å². The number of anilines is 1. The van der Waals surface area contributed by atoms with Gasteiger partial charge in [-0.05, 0) is 18.2 Å². The van der Waals surface area contributed by atoms with Gasteiger partial charge >= 0.3 is 0 Å². The van der Waals surface area contributed by atoms with Crippen LogP contribution in [-0.4, -0.2) is 82.4 Å². The highest BCUT2D eigenvalue weighted by Crippen LogP contribution is 2.32. The molecule has 0 aliphatic carbocycles. The normalized spacial score (nSPS) is 16.8. The van der Waals surface area contributed by atoms with Crippen LogP contribution in [-0.2, 0) is 19.5 Å². The zero-order chi connectivity index (χ0) is 25.7. The summed E-state index contributed by atoms with van der Waals surface area (Å²) in [4.78, 5) is 20.7. The van der Waals surface area contributed by atoms with Crippen LogP contribution in [0, 0.1) is 0 Å². The lowest BCUT2D eigenvalue weighted by atomic mass is 10.1. The molecule has 2 aliphatic rings. The maximum atomic E-state index is 13.0. The molecule has 13 heteroatoms. The van der Waals surface area contributed by atoms with Gasteiger partial charge in [-0.25, -0.2) is 18.8 Å². The Morgan fingerprint density at radius 1 is 0.974 bits per heavy atom. The van der Waals surface area contributed by atoms with E-state index in [0.717, 1.165) is 34.4 Å². The number of halogens is 1. The molecule has 0 bridgehead atoms. The zero-order valence-electron chi connectivity index (χ0n) is 20.5. The first-order chi connectivity index (χ1) is 18.0. The van der Waals surface area contributed by atoms with E-state index in [0.29, 0.717) is 26.4 Å². The predicted octanol–water partition coefficient (Wildman–Crippen LogP) is 3.01. The number of carbonyl (C=O) groups excluding carboxylic acids is 1. The van der Waals surface area contributed by atoms with E-state index in [1.165, 1.54) is 27.8 Å². The summed E-state index contributed by atoms with van der Waals surface area (Å²) < 4.78 is 38.0. The standard InChI is InChI=1S/C25H27N5O5S2.BrH/c31-24(20-7-4-8-21(17-20)37(32,33)30-11-15-35-16-12-30)28-26-18-22-23(19-5-2-1-3-6-19)27-25(36-22)29-9-13-34-14-10-29;/h1-8,17-18H,9-16H2,(H,28,31);1H. The van der Waals surface area contributed by atoms with Gasteiger partial charge in [0.15, 0.2) is 5.13 Å². The van der Waals surface area contributed by atoms with Gasteiger partial charge in [-0.15, -0.1) is 17.0 Å². The van der Waals surface area contributed by atoms with Crippen molar-refractivity contribution in [3.63, 3.8) is 0 Å². The molecule has 5 rings (SSSR count). The SMILES string of the molecule is Br.O=C(NN=Cc1sc(N2CCOCC2)nc1-c1ccccc1)c1cccc(S(=O)(=O)N2CCOCC2)c1. The Balaban J connectivity index is 0.00000336. The minimum Gasteiger partial charge on any atom is -0.379 e. The molecular formula is C25H28BrN5O5S2. The smallest absolute Gasteiger partial charge is 0.271 e. The van der Waals surface area contributed by atoms with Crippen molar-refractivity contribution in [2.24, 2.45) is 5.10 Å². The summed E-state index contributed by atoms with van der Waals surface area (Å²) in [6.07, 6.45) is 1.58. The number of hydrogen-bond donors (Lipinski definition) is 1. The van der Waals surface area contributed by atoms with Crippen molar-refractivity contribution in [3.05, 3.63) is 65.0 Å². The third-order valence-electron chi connectivity index (χ3n) is 6.02. The molecule has 38 heavy (non-hydrogen) atoms. The van der Waals surface area contributed by atoms with Crippen molar-refractivity contribution in [2.75, 3.05) is 57.5 Å². The topological polar surface area (TPSA) is 113 Å². The zero-order valence-corrected chi connectivity index (χ0v) is 23.8. The lowest BCUT2D eigenvalue weighted by Gasteiger charge is -2.26. The van der Waals surface area contributed by atoms with E-state index >= 15 is 0 Å². The molecule has 1 aromatic heterocycles. The summed E-state index contributed by atoms with van der Waals surface area (Å²) in [5.41, 5.74) is 4.45. The second-order valence-corrected chi connectivity index (χ2v) is 11.4. The fourth-order valence-electron chi connectivity index (χ4n) is 4.05. The highest BCUT2D eigenvalue weighted by atomic mass is 79.9. The summed E-state index contributed by atoms with van der Waals surface area (Å²) in [5.74, 6) is -0.505. The van der Waals surface area contributed by atoms with E-state index in [9.17, 15) is 13.2 Å². The third kappa shape index (κ3) is 6.47. The maximum Gasteiger partial charge on any atom is 0.271 e. The highest BCUT2D eigenvalue weighted by molar-refractivity contribution is 8.93. The molecule has 202 valence electrons. The molecule has 10 nitrogen and oxygen atoms in total. The van der Waals surface area contributed by atoms with Crippen LogP contribution in [0.3, 0.4) is 0 Å². The van der Waals surface area contributed by atoms with Gasteiger partial charge in [-0.1, -0.05) is 47.7 Å². The van der Waals surface area contributed by atoms with Crippen molar-refractivity contribution in [3.8, 4) is 11.3 Å². The second-order valence-electron chi connectivity index (χ2n) is 8.42. The Morgan fingerprint density at radius 2 is 1.66 bits per heavy atom. The monoisotopic (exact) mass is 621 g/mol. The van der Waals surface area contributed by atoms with Gasteiger partial charge in [-0.2, -0.15) is 9.41 Å². The third-order valence-corrected chi connectivity index (χ3v) is 8.97. The van der Waals surface area contributed by atoms with Crippen LogP contribution in [0.15, 0.2) is 64.6 Å². The highest BCUT2D eigenvalue weighted by Gasteiger charge is 2.27. The van der Waals surface area contributed by atoms with E-state index in [2.05, 4.69) is 15.4 Å². The Bertz CT molecular complexity index is 1370. The number of benzene rings is 2. The summed E-state index contributed by atoms with van der Waals surface area (Å²) >= 11 is 1.49. The minimum absolute atomic E-state index is 0. The largest absolute Gasteiger partial charge is 0.379 e. The van der Waals surface area contributed by atoms with Crippen LogP contribution in [0.25, 0.3) is 11.3 Å². The van der Waals surface area contributed by atoms with Crippen LogP contribution in [0.5, 0.6) is 0 Å². The molecular weight excluding hydrogens is 594 g/mol. The molecule has 0 radical (unpaired) electrons. The van der Waals surface area contributed by atoms with Crippen LogP contribution < -0.4 is 10.3 Å². The number of thiazole rings is 1. The fourth-order valence-corrected chi connectivity index (χ4v) is 6.51. The Kier molecular flexibility index (Phi) is 9.63. The molecule has 3 heterocycles. The summed E-state index contributed by atoms with van der Waals surface area (Å²) in [6, 6.07) is 15.8. The van der Waals surface area contributed by atoms with Gasteiger partial charge < -0.3 is 14.4 Å². The van der Waals surface area contributed by atoms with E-state index < -0.39 is 15.9 Å². The van der Waals surface area contributed by atoms with Gasteiger partial charge in [0.2, 0.25) is 10.0 Å². The number of nitrogens with one attached hydrogen (secondary N) is 1. The van der Waals surface area contributed by atoms with E-state index in [1.807, 2.05) is 30.3 Å². The molecule has 2 aliphatic heterocycles. The molecule has 0 atom stereocenters. The second kappa shape index (κ2) is 12.9. The minimum atomic E-state index is -3.71. The van der Waals surface area contributed by atoms with E-state index in [-0.39, 0.29) is 40.5 Å². The number of ether oxygens (including phenoxy) is 2. The summed E-state index contributed by atoms with van der Waals surface area (Å²) in [5, 5.41) is 5.04. The molecule has 1 amide bonds. The van der Waals surface area contributed by atoms with Crippen LogP contribution in [0.4, 0.5) is 5.13 Å². The molecule has 0 unspecified atom stereocenters. The molecule has 2 fully saturated rings. The van der Waals surface area contributed by atoms with Crippen molar-refractivity contribution in [2.45, 2.75) is 4.90 Å². The van der Waals surface area contributed by atoms with Gasteiger partial charge in [0, 0.05) is 37.3 Å². The summed E-state index contributed by atoms with van der Waals surface area (Å²) in [6.45, 7) is 4.10. The maximum absolute atomic E-state index is 13.0. The average Bonchev–Trinajstić information content (AvgIpc) is 3.39.